The minimum absolute atomic E-state index is 0.0358. The molecule has 1 N–H and O–H groups in total. The number of nitrogens with zero attached hydrogens (tertiary/aromatic N) is 3. The van der Waals surface area contributed by atoms with Gasteiger partial charge in [-0.3, -0.25) is 19.5 Å². The number of piperazine rings is 1. The predicted molar refractivity (Wildman–Crippen MR) is 104 cm³/mol. The van der Waals surface area contributed by atoms with E-state index >= 15 is 0 Å². The Kier molecular flexibility index (Phi) is 6.19. The van der Waals surface area contributed by atoms with Gasteiger partial charge in [0.05, 0.1) is 12.5 Å². The van der Waals surface area contributed by atoms with Crippen LogP contribution in [0.1, 0.15) is 23.1 Å². The molecular weight excluding hydrogens is 340 g/mol. The minimum Gasteiger partial charge on any atom is -0.353 e. The van der Waals surface area contributed by atoms with E-state index in [4.69, 9.17) is 0 Å². The summed E-state index contributed by atoms with van der Waals surface area (Å²) in [4.78, 5) is 33.1. The molecule has 0 spiro atoms. The van der Waals surface area contributed by atoms with Gasteiger partial charge in [0.25, 0.3) is 0 Å². The van der Waals surface area contributed by atoms with Crippen molar-refractivity contribution in [3.05, 3.63) is 65.5 Å². The number of rotatable bonds is 6. The smallest absolute Gasteiger partial charge is 0.237 e. The van der Waals surface area contributed by atoms with E-state index in [1.54, 1.807) is 24.3 Å². The molecule has 6 heteroatoms. The maximum Gasteiger partial charge on any atom is 0.237 e. The molecule has 0 aliphatic carbocycles. The third-order valence-corrected chi connectivity index (χ3v) is 5.01. The molecule has 1 fully saturated rings. The molecular formula is C21H26N4O2. The standard InChI is InChI=1S/C21H26N4O2/c1-16-13-22-9-8-18(16)15-24(2)20(26)12-19-21(27)23-10-11-25(19)14-17-6-4-3-5-7-17/h3-9,13,19H,10-12,14-15H2,1-2H3,(H,23,27). The van der Waals surface area contributed by atoms with Crippen LogP contribution in [0.3, 0.4) is 0 Å². The molecule has 1 atom stereocenters. The second kappa shape index (κ2) is 8.77. The summed E-state index contributed by atoms with van der Waals surface area (Å²) in [5, 5.41) is 2.89. The van der Waals surface area contributed by atoms with Crippen LogP contribution in [0, 0.1) is 6.92 Å². The molecule has 2 heterocycles. The van der Waals surface area contributed by atoms with Gasteiger partial charge >= 0.3 is 0 Å². The van der Waals surface area contributed by atoms with Crippen molar-refractivity contribution in [2.24, 2.45) is 0 Å². The van der Waals surface area contributed by atoms with Crippen LogP contribution >= 0.6 is 0 Å². The first-order chi connectivity index (χ1) is 13.0. The van der Waals surface area contributed by atoms with E-state index in [0.29, 0.717) is 19.6 Å². The van der Waals surface area contributed by atoms with Gasteiger partial charge in [0, 0.05) is 45.6 Å². The zero-order valence-corrected chi connectivity index (χ0v) is 15.9. The van der Waals surface area contributed by atoms with Crippen molar-refractivity contribution in [2.75, 3.05) is 20.1 Å². The van der Waals surface area contributed by atoms with Crippen LogP contribution in [-0.2, 0) is 22.7 Å². The number of nitrogens with one attached hydrogen (secondary N) is 1. The number of carbonyl (C=O) groups is 2. The number of hydrogen-bond donors (Lipinski definition) is 1. The van der Waals surface area contributed by atoms with E-state index < -0.39 is 6.04 Å². The number of carbonyl (C=O) groups excluding carboxylic acids is 2. The molecule has 3 rings (SSSR count). The predicted octanol–water partition coefficient (Wildman–Crippen LogP) is 1.74. The van der Waals surface area contributed by atoms with Gasteiger partial charge in [-0.2, -0.15) is 0 Å². The number of amides is 2. The molecule has 0 radical (unpaired) electrons. The molecule has 1 unspecified atom stereocenters. The second-order valence-corrected chi connectivity index (χ2v) is 7.02. The molecule has 1 saturated heterocycles. The van der Waals surface area contributed by atoms with Crippen molar-refractivity contribution >= 4 is 11.8 Å². The lowest BCUT2D eigenvalue weighted by atomic mass is 10.1. The first-order valence-electron chi connectivity index (χ1n) is 9.23. The second-order valence-electron chi connectivity index (χ2n) is 7.02. The fourth-order valence-electron chi connectivity index (χ4n) is 3.34. The molecule has 6 nitrogen and oxygen atoms in total. The number of hydrogen-bond acceptors (Lipinski definition) is 4. The molecule has 142 valence electrons. The van der Waals surface area contributed by atoms with E-state index in [0.717, 1.165) is 23.2 Å². The summed E-state index contributed by atoms with van der Waals surface area (Å²) in [5.41, 5.74) is 3.26. The van der Waals surface area contributed by atoms with Gasteiger partial charge in [-0.25, -0.2) is 0 Å². The lowest BCUT2D eigenvalue weighted by molar-refractivity contribution is -0.138. The van der Waals surface area contributed by atoms with Gasteiger partial charge in [-0.15, -0.1) is 0 Å². The van der Waals surface area contributed by atoms with Gasteiger partial charge in [0.15, 0.2) is 0 Å². The summed E-state index contributed by atoms with van der Waals surface area (Å²) in [6.45, 7) is 4.52. The van der Waals surface area contributed by atoms with Crippen LogP contribution in [0.15, 0.2) is 48.8 Å². The first-order valence-corrected chi connectivity index (χ1v) is 9.23. The highest BCUT2D eigenvalue weighted by Crippen LogP contribution is 2.16. The summed E-state index contributed by atoms with van der Waals surface area (Å²) in [5.74, 6) is -0.106. The maximum absolute atomic E-state index is 12.8. The Morgan fingerprint density at radius 2 is 2.07 bits per heavy atom. The van der Waals surface area contributed by atoms with E-state index in [2.05, 4.69) is 15.2 Å². The third kappa shape index (κ3) is 4.92. The van der Waals surface area contributed by atoms with E-state index in [1.807, 2.05) is 43.3 Å². The van der Waals surface area contributed by atoms with Crippen molar-refractivity contribution in [1.82, 2.24) is 20.1 Å². The monoisotopic (exact) mass is 366 g/mol. The average molecular weight is 366 g/mol. The van der Waals surface area contributed by atoms with Crippen LogP contribution in [0.2, 0.25) is 0 Å². The molecule has 0 saturated carbocycles. The van der Waals surface area contributed by atoms with Gasteiger partial charge in [0.1, 0.15) is 0 Å². The summed E-state index contributed by atoms with van der Waals surface area (Å²) < 4.78 is 0. The fourth-order valence-corrected chi connectivity index (χ4v) is 3.34. The third-order valence-electron chi connectivity index (χ3n) is 5.01. The van der Waals surface area contributed by atoms with Crippen LogP contribution in [0.5, 0.6) is 0 Å². The van der Waals surface area contributed by atoms with Crippen molar-refractivity contribution in [1.29, 1.82) is 0 Å². The molecule has 2 aromatic rings. The minimum atomic E-state index is -0.438. The summed E-state index contributed by atoms with van der Waals surface area (Å²) in [7, 11) is 1.78. The van der Waals surface area contributed by atoms with Gasteiger partial charge in [-0.1, -0.05) is 30.3 Å². The van der Waals surface area contributed by atoms with Gasteiger partial charge < -0.3 is 10.2 Å². The quantitative estimate of drug-likeness (QED) is 0.846. The van der Waals surface area contributed by atoms with Gasteiger partial charge in [-0.05, 0) is 29.7 Å². The first kappa shape index (κ1) is 19.0. The average Bonchev–Trinajstić information content (AvgIpc) is 2.67. The molecule has 1 aromatic carbocycles. The summed E-state index contributed by atoms with van der Waals surface area (Å²) >= 11 is 0. The van der Waals surface area contributed by atoms with Crippen molar-refractivity contribution in [3.63, 3.8) is 0 Å². The Morgan fingerprint density at radius 1 is 1.30 bits per heavy atom. The number of pyridine rings is 1. The topological polar surface area (TPSA) is 65.5 Å². The Morgan fingerprint density at radius 3 is 2.81 bits per heavy atom. The molecule has 1 aliphatic heterocycles. The van der Waals surface area contributed by atoms with Gasteiger partial charge in [0.2, 0.25) is 11.8 Å². The Labute approximate surface area is 160 Å². The van der Waals surface area contributed by atoms with E-state index in [9.17, 15) is 9.59 Å². The number of aromatic nitrogens is 1. The van der Waals surface area contributed by atoms with E-state index in [-0.39, 0.29) is 18.2 Å². The van der Waals surface area contributed by atoms with Crippen molar-refractivity contribution < 1.29 is 9.59 Å². The van der Waals surface area contributed by atoms with Crippen LogP contribution in [-0.4, -0.2) is 52.8 Å². The van der Waals surface area contributed by atoms with Crippen molar-refractivity contribution in [3.8, 4) is 0 Å². The number of aryl methyl sites for hydroxylation is 1. The Hall–Kier alpha value is -2.73. The lowest BCUT2D eigenvalue weighted by Gasteiger charge is -2.35. The van der Waals surface area contributed by atoms with Crippen LogP contribution < -0.4 is 5.32 Å². The normalized spacial score (nSPS) is 17.4. The highest BCUT2D eigenvalue weighted by Gasteiger charge is 2.32. The Bertz CT molecular complexity index is 794. The molecule has 27 heavy (non-hydrogen) atoms. The molecule has 1 aliphatic rings. The summed E-state index contributed by atoms with van der Waals surface area (Å²) in [6, 6.07) is 11.5. The van der Waals surface area contributed by atoms with E-state index in [1.165, 1.54) is 0 Å². The van der Waals surface area contributed by atoms with Crippen LogP contribution in [0.4, 0.5) is 0 Å². The SMILES string of the molecule is Cc1cnccc1CN(C)C(=O)CC1C(=O)NCCN1Cc1ccccc1. The maximum atomic E-state index is 12.8. The van der Waals surface area contributed by atoms with Crippen LogP contribution in [0.25, 0.3) is 0 Å². The molecule has 1 aromatic heterocycles. The molecule has 2 amide bonds. The summed E-state index contributed by atoms with van der Waals surface area (Å²) in [6.07, 6.45) is 3.71. The fraction of sp³-hybridized carbons (Fsp3) is 0.381. The zero-order valence-electron chi connectivity index (χ0n) is 15.9. The highest BCUT2D eigenvalue weighted by molar-refractivity contribution is 5.88. The molecule has 0 bridgehead atoms. The number of benzene rings is 1. The van der Waals surface area contributed by atoms with Crippen molar-refractivity contribution in [2.45, 2.75) is 32.5 Å². The largest absolute Gasteiger partial charge is 0.353 e. The highest BCUT2D eigenvalue weighted by atomic mass is 16.2. The lowest BCUT2D eigenvalue weighted by Crippen LogP contribution is -2.56. The zero-order chi connectivity index (χ0) is 19.2. The Balaban J connectivity index is 1.65.